The minimum absolute atomic E-state index is 0.0731. The number of fused-ring (bicyclic) bond motifs is 1. The molecular formula is C21H19F6N3O4S. The minimum atomic E-state index is -4.72. The third-order valence-corrected chi connectivity index (χ3v) is 7.70. The zero-order valence-electron chi connectivity index (χ0n) is 17.9. The standard InChI is InChI=1S/C21H19F6N3O4S/c22-20(23,24)13-2-1-3-17(8-13)35(32,33)29-7-6-19(31)30-12-16(9-15(30)11-29)34-18-5-4-14(10-28-18)21(25,26)27/h1-5,8,10,15-16H,6-7,9,11-12H2/t15-,16-/m0/s1. The Balaban J connectivity index is 1.49. The monoisotopic (exact) mass is 523 g/mol. The van der Waals surface area contributed by atoms with Gasteiger partial charge in [-0.25, -0.2) is 13.4 Å². The van der Waals surface area contributed by atoms with Crippen LogP contribution in [0.15, 0.2) is 47.5 Å². The van der Waals surface area contributed by atoms with Crippen LogP contribution < -0.4 is 4.74 Å². The first kappa shape index (κ1) is 25.2. The Hall–Kier alpha value is -2.87. The molecule has 0 saturated carbocycles. The van der Waals surface area contributed by atoms with Gasteiger partial charge in [0.05, 0.1) is 22.6 Å². The fourth-order valence-electron chi connectivity index (χ4n) is 4.12. The number of alkyl halides is 6. The van der Waals surface area contributed by atoms with Crippen LogP contribution in [0.2, 0.25) is 0 Å². The number of nitrogens with zero attached hydrogens (tertiary/aromatic N) is 3. The van der Waals surface area contributed by atoms with Gasteiger partial charge in [0.2, 0.25) is 21.8 Å². The Bertz CT molecular complexity index is 1200. The van der Waals surface area contributed by atoms with Crippen LogP contribution in [0, 0.1) is 0 Å². The highest BCUT2D eigenvalue weighted by molar-refractivity contribution is 7.89. The molecule has 35 heavy (non-hydrogen) atoms. The van der Waals surface area contributed by atoms with Gasteiger partial charge >= 0.3 is 12.4 Å². The first-order valence-corrected chi connectivity index (χ1v) is 11.9. The maximum absolute atomic E-state index is 13.1. The van der Waals surface area contributed by atoms with Gasteiger partial charge in [-0.2, -0.15) is 30.6 Å². The number of rotatable bonds is 4. The molecule has 0 spiro atoms. The van der Waals surface area contributed by atoms with E-state index in [-0.39, 0.29) is 44.3 Å². The van der Waals surface area contributed by atoms with Crippen molar-refractivity contribution in [2.45, 2.75) is 42.2 Å². The van der Waals surface area contributed by atoms with Crippen LogP contribution in [-0.2, 0) is 27.2 Å². The van der Waals surface area contributed by atoms with Crippen LogP contribution >= 0.6 is 0 Å². The zero-order valence-corrected chi connectivity index (χ0v) is 18.7. The molecule has 0 bridgehead atoms. The number of halogens is 6. The van der Waals surface area contributed by atoms with E-state index in [4.69, 9.17) is 4.74 Å². The summed E-state index contributed by atoms with van der Waals surface area (Å²) in [6.45, 7) is -0.287. The molecule has 2 saturated heterocycles. The molecule has 0 N–H and O–H groups in total. The van der Waals surface area contributed by atoms with Crippen molar-refractivity contribution in [2.75, 3.05) is 19.6 Å². The van der Waals surface area contributed by atoms with Crippen LogP contribution in [-0.4, -0.2) is 60.3 Å². The van der Waals surface area contributed by atoms with E-state index in [1.807, 2.05) is 0 Å². The van der Waals surface area contributed by atoms with Crippen molar-refractivity contribution in [1.29, 1.82) is 0 Å². The lowest BCUT2D eigenvalue weighted by atomic mass is 10.2. The Labute approximate surface area is 196 Å². The third kappa shape index (κ3) is 5.37. The summed E-state index contributed by atoms with van der Waals surface area (Å²) in [5.74, 6) is -0.440. The van der Waals surface area contributed by atoms with Crippen molar-refractivity contribution < 1.29 is 44.3 Å². The zero-order chi connectivity index (χ0) is 25.6. The Morgan fingerprint density at radius 1 is 0.971 bits per heavy atom. The summed E-state index contributed by atoms with van der Waals surface area (Å²) in [5.41, 5.74) is -2.06. The van der Waals surface area contributed by atoms with Crippen molar-refractivity contribution in [3.05, 3.63) is 53.7 Å². The van der Waals surface area contributed by atoms with Gasteiger partial charge in [-0.1, -0.05) is 6.07 Å². The summed E-state index contributed by atoms with van der Waals surface area (Å²) < 4.78 is 110. The lowest BCUT2D eigenvalue weighted by molar-refractivity contribution is -0.138. The summed E-state index contributed by atoms with van der Waals surface area (Å²) in [6.07, 6.45) is -9.32. The number of carbonyl (C=O) groups is 1. The minimum Gasteiger partial charge on any atom is -0.472 e. The van der Waals surface area contributed by atoms with E-state index in [2.05, 4.69) is 4.98 Å². The van der Waals surface area contributed by atoms with E-state index in [0.717, 1.165) is 34.6 Å². The fraction of sp³-hybridized carbons (Fsp3) is 0.429. The number of sulfonamides is 1. The smallest absolute Gasteiger partial charge is 0.417 e. The molecule has 14 heteroatoms. The molecule has 1 aromatic carbocycles. The molecular weight excluding hydrogens is 504 g/mol. The lowest BCUT2D eigenvalue weighted by Crippen LogP contribution is -2.40. The highest BCUT2D eigenvalue weighted by atomic mass is 32.2. The number of benzene rings is 1. The number of ether oxygens (including phenoxy) is 1. The van der Waals surface area contributed by atoms with E-state index < -0.39 is 50.5 Å². The maximum atomic E-state index is 13.1. The molecule has 2 aromatic rings. The molecule has 3 heterocycles. The maximum Gasteiger partial charge on any atom is 0.417 e. The van der Waals surface area contributed by atoms with Crippen molar-refractivity contribution >= 4 is 15.9 Å². The Morgan fingerprint density at radius 2 is 1.69 bits per heavy atom. The lowest BCUT2D eigenvalue weighted by Gasteiger charge is -2.25. The molecule has 2 fully saturated rings. The SMILES string of the molecule is O=C1CCN(S(=O)(=O)c2cccc(C(F)(F)F)c2)C[C@@H]2C[C@H](Oc3ccc(C(F)(F)F)cn3)CN12. The molecule has 190 valence electrons. The van der Waals surface area contributed by atoms with E-state index in [0.29, 0.717) is 12.3 Å². The fourth-order valence-corrected chi connectivity index (χ4v) is 5.64. The first-order chi connectivity index (χ1) is 16.2. The highest BCUT2D eigenvalue weighted by Crippen LogP contribution is 2.33. The summed E-state index contributed by atoms with van der Waals surface area (Å²) in [4.78, 5) is 17.1. The van der Waals surface area contributed by atoms with Crippen LogP contribution in [0.5, 0.6) is 5.88 Å². The number of pyridine rings is 1. The number of carbonyl (C=O) groups excluding carboxylic acids is 1. The molecule has 1 aromatic heterocycles. The predicted octanol–water partition coefficient (Wildman–Crippen LogP) is 3.56. The van der Waals surface area contributed by atoms with E-state index in [1.165, 1.54) is 4.90 Å². The highest BCUT2D eigenvalue weighted by Gasteiger charge is 2.42. The average Bonchev–Trinajstić information content (AvgIpc) is 3.10. The molecule has 1 amide bonds. The second-order valence-corrected chi connectivity index (χ2v) is 10.1. The van der Waals surface area contributed by atoms with Gasteiger partial charge in [-0.3, -0.25) is 4.79 Å². The number of aromatic nitrogens is 1. The predicted molar refractivity (Wildman–Crippen MR) is 109 cm³/mol. The summed E-state index contributed by atoms with van der Waals surface area (Å²) in [5, 5.41) is 0. The molecule has 0 aliphatic carbocycles. The van der Waals surface area contributed by atoms with Crippen molar-refractivity contribution in [3.63, 3.8) is 0 Å². The van der Waals surface area contributed by atoms with Crippen LogP contribution in [0.3, 0.4) is 0 Å². The number of amides is 1. The summed E-state index contributed by atoms with van der Waals surface area (Å²) >= 11 is 0. The van der Waals surface area contributed by atoms with Crippen molar-refractivity contribution in [2.24, 2.45) is 0 Å². The topological polar surface area (TPSA) is 79.8 Å². The van der Waals surface area contributed by atoms with E-state index >= 15 is 0 Å². The molecule has 0 unspecified atom stereocenters. The molecule has 2 atom stereocenters. The van der Waals surface area contributed by atoms with Crippen LogP contribution in [0.1, 0.15) is 24.0 Å². The first-order valence-electron chi connectivity index (χ1n) is 10.4. The van der Waals surface area contributed by atoms with Crippen LogP contribution in [0.25, 0.3) is 0 Å². The molecule has 7 nitrogen and oxygen atoms in total. The summed E-state index contributed by atoms with van der Waals surface area (Å²) in [6, 6.07) is 4.62. The van der Waals surface area contributed by atoms with Gasteiger partial charge in [-0.05, 0) is 24.3 Å². The largest absolute Gasteiger partial charge is 0.472 e. The third-order valence-electron chi connectivity index (χ3n) is 5.84. The average molecular weight is 523 g/mol. The van der Waals surface area contributed by atoms with Gasteiger partial charge in [0.1, 0.15) is 6.10 Å². The molecule has 2 aliphatic heterocycles. The van der Waals surface area contributed by atoms with Crippen molar-refractivity contribution in [1.82, 2.24) is 14.2 Å². The van der Waals surface area contributed by atoms with Crippen LogP contribution in [0.4, 0.5) is 26.3 Å². The van der Waals surface area contributed by atoms with Gasteiger partial charge in [-0.15, -0.1) is 0 Å². The van der Waals surface area contributed by atoms with E-state index in [9.17, 15) is 39.6 Å². The molecule has 4 rings (SSSR count). The van der Waals surface area contributed by atoms with Gasteiger partial charge < -0.3 is 9.64 Å². The summed E-state index contributed by atoms with van der Waals surface area (Å²) in [7, 11) is -4.33. The molecule has 0 radical (unpaired) electrons. The van der Waals surface area contributed by atoms with Gasteiger partial charge in [0, 0.05) is 44.2 Å². The molecule has 2 aliphatic rings. The second kappa shape index (κ2) is 8.97. The quantitative estimate of drug-likeness (QED) is 0.573. The Kier molecular flexibility index (Phi) is 6.47. The normalized spacial score (nSPS) is 22.1. The van der Waals surface area contributed by atoms with Crippen molar-refractivity contribution in [3.8, 4) is 5.88 Å². The number of hydrogen-bond donors (Lipinski definition) is 0. The van der Waals surface area contributed by atoms with E-state index in [1.54, 1.807) is 0 Å². The van der Waals surface area contributed by atoms with Gasteiger partial charge in [0.15, 0.2) is 0 Å². The van der Waals surface area contributed by atoms with Gasteiger partial charge in [0.25, 0.3) is 0 Å². The second-order valence-electron chi connectivity index (χ2n) is 8.20. The Morgan fingerprint density at radius 3 is 2.31 bits per heavy atom. The number of hydrogen-bond acceptors (Lipinski definition) is 5.